The molecule has 1 nitrogen and oxygen atoms in total. The summed E-state index contributed by atoms with van der Waals surface area (Å²) in [5, 5.41) is 0. The second-order valence-corrected chi connectivity index (χ2v) is 7.80. The van der Waals surface area contributed by atoms with Crippen molar-refractivity contribution in [2.75, 3.05) is 4.90 Å². The molecule has 174 valence electrons. The maximum Gasteiger partial charge on any atom is 0.416 e. The highest BCUT2D eigenvalue weighted by atomic mass is 32.2. The third-order valence-electron chi connectivity index (χ3n) is 4.69. The number of rotatable bonds is 1. The zero-order valence-electron chi connectivity index (χ0n) is 15.5. The van der Waals surface area contributed by atoms with Crippen molar-refractivity contribution in [1.29, 1.82) is 0 Å². The molecule has 0 atom stereocenters. The molecule has 4 rings (SSSR count). The van der Waals surface area contributed by atoms with Crippen LogP contribution in [0.1, 0.15) is 11.1 Å². The SMILES string of the molecule is Fc1c(F)c(F)c(N2c3ccc(C(F)(F)F)cc3Sc3cc(C(F)(F)F)ccc32)c(F)c1F. The van der Waals surface area contributed by atoms with Crippen molar-refractivity contribution in [1.82, 2.24) is 0 Å². The number of hydrogen-bond acceptors (Lipinski definition) is 2. The van der Waals surface area contributed by atoms with Gasteiger partial charge in [0.1, 0.15) is 5.69 Å². The summed E-state index contributed by atoms with van der Waals surface area (Å²) in [6, 6.07) is 3.47. The number of alkyl halides is 6. The molecule has 0 saturated carbocycles. The van der Waals surface area contributed by atoms with Crippen molar-refractivity contribution >= 4 is 28.8 Å². The first kappa shape index (κ1) is 23.2. The molecule has 0 N–H and O–H groups in total. The van der Waals surface area contributed by atoms with Gasteiger partial charge in [0, 0.05) is 9.79 Å². The van der Waals surface area contributed by atoms with Crippen LogP contribution in [0.2, 0.25) is 0 Å². The molecule has 0 aliphatic carbocycles. The number of halogens is 11. The van der Waals surface area contributed by atoms with Crippen LogP contribution in [0.25, 0.3) is 0 Å². The summed E-state index contributed by atoms with van der Waals surface area (Å²) in [4.78, 5) is -0.432. The van der Waals surface area contributed by atoms with E-state index >= 15 is 0 Å². The van der Waals surface area contributed by atoms with Gasteiger partial charge in [0.15, 0.2) is 23.3 Å². The van der Waals surface area contributed by atoms with E-state index in [4.69, 9.17) is 0 Å². The van der Waals surface area contributed by atoms with Gasteiger partial charge in [-0.3, -0.25) is 0 Å². The van der Waals surface area contributed by atoms with Crippen molar-refractivity contribution in [2.45, 2.75) is 22.1 Å². The van der Waals surface area contributed by atoms with Gasteiger partial charge in [-0.2, -0.15) is 26.3 Å². The fourth-order valence-corrected chi connectivity index (χ4v) is 4.33. The van der Waals surface area contributed by atoms with E-state index in [9.17, 15) is 48.3 Å². The Kier molecular flexibility index (Phi) is 5.30. The number of nitrogens with zero attached hydrogens (tertiary/aromatic N) is 1. The van der Waals surface area contributed by atoms with Crippen LogP contribution in [0.15, 0.2) is 46.2 Å². The zero-order valence-corrected chi connectivity index (χ0v) is 16.3. The lowest BCUT2D eigenvalue weighted by molar-refractivity contribution is -0.138. The summed E-state index contributed by atoms with van der Waals surface area (Å²) < 4.78 is 149. The Morgan fingerprint density at radius 2 is 0.909 bits per heavy atom. The Labute approximate surface area is 181 Å². The highest BCUT2D eigenvalue weighted by Gasteiger charge is 2.38. The van der Waals surface area contributed by atoms with Crippen LogP contribution >= 0.6 is 11.8 Å². The molecule has 3 aromatic carbocycles. The van der Waals surface area contributed by atoms with Crippen molar-refractivity contribution < 1.29 is 48.3 Å². The van der Waals surface area contributed by atoms with Crippen LogP contribution in [0.3, 0.4) is 0 Å². The van der Waals surface area contributed by atoms with Gasteiger partial charge in [-0.25, -0.2) is 22.0 Å². The lowest BCUT2D eigenvalue weighted by Gasteiger charge is -2.34. The smallest absolute Gasteiger partial charge is 0.303 e. The second kappa shape index (κ2) is 7.54. The minimum atomic E-state index is -4.88. The summed E-state index contributed by atoms with van der Waals surface area (Å²) in [6.45, 7) is 0. The Bertz CT molecular complexity index is 1190. The summed E-state index contributed by atoms with van der Waals surface area (Å²) in [5.74, 6) is -11.8. The maximum absolute atomic E-state index is 14.6. The first-order chi connectivity index (χ1) is 15.2. The highest BCUT2D eigenvalue weighted by Crippen LogP contribution is 2.54. The molecular weight excluding hydrogens is 495 g/mol. The van der Waals surface area contributed by atoms with Crippen molar-refractivity contribution in [3.8, 4) is 0 Å². The van der Waals surface area contributed by atoms with Crippen molar-refractivity contribution in [3.63, 3.8) is 0 Å². The van der Waals surface area contributed by atoms with Gasteiger partial charge in [-0.15, -0.1) is 0 Å². The third kappa shape index (κ3) is 3.77. The number of hydrogen-bond donors (Lipinski definition) is 0. The van der Waals surface area contributed by atoms with Gasteiger partial charge in [0.25, 0.3) is 0 Å². The molecule has 1 aliphatic heterocycles. The van der Waals surface area contributed by atoms with E-state index < -0.39 is 79.4 Å². The van der Waals surface area contributed by atoms with Crippen LogP contribution in [0.4, 0.5) is 65.4 Å². The molecular formula is C20H6F11NS. The van der Waals surface area contributed by atoms with Crippen molar-refractivity contribution in [3.05, 3.63) is 76.6 Å². The largest absolute Gasteiger partial charge is 0.416 e. The highest BCUT2D eigenvalue weighted by molar-refractivity contribution is 7.99. The Morgan fingerprint density at radius 1 is 0.545 bits per heavy atom. The van der Waals surface area contributed by atoms with Gasteiger partial charge >= 0.3 is 12.4 Å². The summed E-state index contributed by atoms with van der Waals surface area (Å²) in [5.41, 5.74) is -4.87. The van der Waals surface area contributed by atoms with E-state index in [-0.39, 0.29) is 0 Å². The van der Waals surface area contributed by atoms with E-state index in [1.54, 1.807) is 0 Å². The molecule has 13 heteroatoms. The minimum absolute atomic E-state index is 0.401. The average molecular weight is 501 g/mol. The number of anilines is 3. The molecule has 1 heterocycles. The van der Waals surface area contributed by atoms with E-state index in [1.165, 1.54) is 0 Å². The molecule has 33 heavy (non-hydrogen) atoms. The molecule has 0 aromatic heterocycles. The quantitative estimate of drug-likeness (QED) is 0.147. The van der Waals surface area contributed by atoms with Crippen LogP contribution < -0.4 is 4.90 Å². The Balaban J connectivity index is 2.05. The summed E-state index contributed by atoms with van der Waals surface area (Å²) >= 11 is 0.417. The number of fused-ring (bicyclic) bond motifs is 2. The molecule has 0 fully saturated rings. The Morgan fingerprint density at radius 3 is 1.27 bits per heavy atom. The molecule has 0 saturated heterocycles. The second-order valence-electron chi connectivity index (χ2n) is 6.72. The van der Waals surface area contributed by atoms with E-state index in [0.29, 0.717) is 40.9 Å². The van der Waals surface area contributed by atoms with E-state index in [0.717, 1.165) is 12.1 Å². The first-order valence-corrected chi connectivity index (χ1v) is 9.45. The molecule has 0 unspecified atom stereocenters. The Hall–Kier alpha value is -2.96. The predicted octanol–water partition coefficient (Wildman–Crippen LogP) is 8.35. The summed E-state index contributed by atoms with van der Waals surface area (Å²) in [7, 11) is 0. The minimum Gasteiger partial charge on any atom is -0.303 e. The molecule has 0 spiro atoms. The van der Waals surface area contributed by atoms with Gasteiger partial charge in [0.05, 0.1) is 22.5 Å². The lowest BCUT2D eigenvalue weighted by atomic mass is 10.1. The van der Waals surface area contributed by atoms with Gasteiger partial charge in [0.2, 0.25) is 5.82 Å². The molecule has 1 aliphatic rings. The van der Waals surface area contributed by atoms with Crippen LogP contribution in [0.5, 0.6) is 0 Å². The molecule has 0 bridgehead atoms. The van der Waals surface area contributed by atoms with Gasteiger partial charge in [-0.05, 0) is 36.4 Å². The standard InChI is InChI=1S/C20H6F11NS/c21-13-14(22)16(24)18(17(25)15(13)23)32-9-3-1-7(19(26,27)28)5-11(9)33-12-6-8(20(29,30)31)2-4-10(12)32/h1-6H. The van der Waals surface area contributed by atoms with Gasteiger partial charge < -0.3 is 4.90 Å². The molecule has 3 aromatic rings. The predicted molar refractivity (Wildman–Crippen MR) is 95.0 cm³/mol. The van der Waals surface area contributed by atoms with E-state index in [2.05, 4.69) is 0 Å². The molecule has 0 amide bonds. The fourth-order valence-electron chi connectivity index (χ4n) is 3.19. The third-order valence-corrected chi connectivity index (χ3v) is 5.78. The topological polar surface area (TPSA) is 3.24 Å². The fraction of sp³-hybridized carbons (Fsp3) is 0.100. The maximum atomic E-state index is 14.6. The van der Waals surface area contributed by atoms with Crippen molar-refractivity contribution in [2.24, 2.45) is 0 Å². The van der Waals surface area contributed by atoms with Crippen LogP contribution in [0, 0.1) is 29.1 Å². The first-order valence-electron chi connectivity index (χ1n) is 8.63. The lowest BCUT2D eigenvalue weighted by Crippen LogP contribution is -2.21. The van der Waals surface area contributed by atoms with Crippen LogP contribution in [-0.4, -0.2) is 0 Å². The molecule has 0 radical (unpaired) electrons. The zero-order chi connectivity index (χ0) is 24.5. The van der Waals surface area contributed by atoms with Gasteiger partial charge in [-0.1, -0.05) is 11.8 Å². The van der Waals surface area contributed by atoms with E-state index in [1.807, 2.05) is 0 Å². The summed E-state index contributed by atoms with van der Waals surface area (Å²) in [6.07, 6.45) is -9.75. The average Bonchev–Trinajstić information content (AvgIpc) is 2.73. The number of benzene rings is 3. The van der Waals surface area contributed by atoms with Crippen LogP contribution in [-0.2, 0) is 12.4 Å². The monoisotopic (exact) mass is 501 g/mol. The normalized spacial score (nSPS) is 13.7.